The summed E-state index contributed by atoms with van der Waals surface area (Å²) in [5.41, 5.74) is 1.43. The topological polar surface area (TPSA) is 73.9 Å². The number of amides is 1. The van der Waals surface area contributed by atoms with Gasteiger partial charge >= 0.3 is 5.97 Å². The van der Waals surface area contributed by atoms with Crippen molar-refractivity contribution in [3.63, 3.8) is 0 Å². The van der Waals surface area contributed by atoms with Gasteiger partial charge in [-0.15, -0.1) is 0 Å². The zero-order valence-corrected chi connectivity index (χ0v) is 16.8. The summed E-state index contributed by atoms with van der Waals surface area (Å²) in [5.74, 6) is 0.251. The lowest BCUT2D eigenvalue weighted by Crippen LogP contribution is -2.13. The number of halogens is 1. The summed E-state index contributed by atoms with van der Waals surface area (Å²) in [6, 6.07) is 10.2. The fraction of sp³-hybridized carbons (Fsp3) is 0.200. The second-order valence-corrected chi connectivity index (χ2v) is 6.18. The van der Waals surface area contributed by atoms with E-state index in [1.54, 1.807) is 56.5 Å². The predicted molar refractivity (Wildman–Crippen MR) is 107 cm³/mol. The third-order valence-corrected chi connectivity index (χ3v) is 4.15. The highest BCUT2D eigenvalue weighted by Crippen LogP contribution is 2.36. The lowest BCUT2D eigenvalue weighted by atomic mass is 10.1. The van der Waals surface area contributed by atoms with Gasteiger partial charge in [-0.05, 0) is 58.8 Å². The molecule has 1 amide bonds. The van der Waals surface area contributed by atoms with Crippen molar-refractivity contribution >= 4 is 39.6 Å². The van der Waals surface area contributed by atoms with Crippen LogP contribution >= 0.6 is 15.9 Å². The standard InChI is InChI=1S/C20H20BrNO5/c1-4-27-20(24)14-7-5-6-8-16(14)22-18(23)10-9-13-11-15(21)19(26-3)17(12-13)25-2/h5-12H,4H2,1-3H3,(H,22,23)/b10-9+. The molecule has 6 nitrogen and oxygen atoms in total. The van der Waals surface area contributed by atoms with Gasteiger partial charge in [-0.25, -0.2) is 4.79 Å². The van der Waals surface area contributed by atoms with Crippen molar-refractivity contribution in [1.82, 2.24) is 0 Å². The highest BCUT2D eigenvalue weighted by atomic mass is 79.9. The van der Waals surface area contributed by atoms with Crippen molar-refractivity contribution < 1.29 is 23.8 Å². The van der Waals surface area contributed by atoms with Crippen LogP contribution in [0.4, 0.5) is 5.69 Å². The average Bonchev–Trinajstić information content (AvgIpc) is 2.66. The number of nitrogens with one attached hydrogen (secondary N) is 1. The molecule has 0 aliphatic carbocycles. The molecule has 7 heteroatoms. The number of ether oxygens (including phenoxy) is 3. The summed E-state index contributed by atoms with van der Waals surface area (Å²) in [4.78, 5) is 24.2. The molecule has 0 fully saturated rings. The van der Waals surface area contributed by atoms with E-state index >= 15 is 0 Å². The van der Waals surface area contributed by atoms with Gasteiger partial charge in [0.05, 0.1) is 36.6 Å². The Balaban J connectivity index is 2.17. The Hall–Kier alpha value is -2.80. The Kier molecular flexibility index (Phi) is 7.43. The van der Waals surface area contributed by atoms with Gasteiger partial charge in [0, 0.05) is 6.08 Å². The van der Waals surface area contributed by atoms with Crippen LogP contribution in [0.25, 0.3) is 6.08 Å². The highest BCUT2D eigenvalue weighted by molar-refractivity contribution is 9.10. The molecule has 0 saturated heterocycles. The number of anilines is 1. The molecule has 2 aromatic rings. The van der Waals surface area contributed by atoms with Crippen molar-refractivity contribution in [2.45, 2.75) is 6.92 Å². The van der Waals surface area contributed by atoms with Crippen LogP contribution in [0.15, 0.2) is 46.9 Å². The second kappa shape index (κ2) is 9.78. The van der Waals surface area contributed by atoms with Crippen molar-refractivity contribution in [1.29, 1.82) is 0 Å². The van der Waals surface area contributed by atoms with Crippen LogP contribution in [-0.2, 0) is 9.53 Å². The van der Waals surface area contributed by atoms with Crippen LogP contribution in [0.3, 0.4) is 0 Å². The number of carbonyl (C=O) groups excluding carboxylic acids is 2. The number of para-hydroxylation sites is 1. The number of hydrogen-bond acceptors (Lipinski definition) is 5. The highest BCUT2D eigenvalue weighted by Gasteiger charge is 2.13. The van der Waals surface area contributed by atoms with Gasteiger partial charge in [0.25, 0.3) is 0 Å². The van der Waals surface area contributed by atoms with Crippen LogP contribution in [0, 0.1) is 0 Å². The van der Waals surface area contributed by atoms with Crippen LogP contribution in [0.2, 0.25) is 0 Å². The molecular weight excluding hydrogens is 414 g/mol. The van der Waals surface area contributed by atoms with Crippen LogP contribution in [0.5, 0.6) is 11.5 Å². The summed E-state index contributed by atoms with van der Waals surface area (Å²) in [7, 11) is 3.09. The van der Waals surface area contributed by atoms with E-state index in [9.17, 15) is 9.59 Å². The second-order valence-electron chi connectivity index (χ2n) is 5.33. The molecule has 0 bridgehead atoms. The monoisotopic (exact) mass is 433 g/mol. The molecule has 0 spiro atoms. The van der Waals surface area contributed by atoms with Gasteiger partial charge in [-0.3, -0.25) is 4.79 Å². The quantitative estimate of drug-likeness (QED) is 0.520. The summed E-state index contributed by atoms with van der Waals surface area (Å²) < 4.78 is 16.3. The Morgan fingerprint density at radius 1 is 1.15 bits per heavy atom. The normalized spacial score (nSPS) is 10.5. The maximum absolute atomic E-state index is 12.3. The van der Waals surface area contributed by atoms with E-state index in [4.69, 9.17) is 14.2 Å². The van der Waals surface area contributed by atoms with E-state index in [1.165, 1.54) is 13.2 Å². The lowest BCUT2D eigenvalue weighted by molar-refractivity contribution is -0.111. The number of benzene rings is 2. The Morgan fingerprint density at radius 3 is 2.56 bits per heavy atom. The Morgan fingerprint density at radius 2 is 1.89 bits per heavy atom. The first kappa shape index (κ1) is 20.5. The van der Waals surface area contributed by atoms with Gasteiger partial charge in [0.15, 0.2) is 11.5 Å². The molecule has 0 radical (unpaired) electrons. The minimum Gasteiger partial charge on any atom is -0.493 e. The first-order chi connectivity index (χ1) is 13.0. The number of rotatable bonds is 7. The van der Waals surface area contributed by atoms with Gasteiger partial charge in [0.1, 0.15) is 0 Å². The first-order valence-electron chi connectivity index (χ1n) is 8.16. The number of methoxy groups -OCH3 is 2. The minimum absolute atomic E-state index is 0.259. The molecule has 27 heavy (non-hydrogen) atoms. The van der Waals surface area contributed by atoms with E-state index < -0.39 is 5.97 Å². The number of hydrogen-bond donors (Lipinski definition) is 1. The average molecular weight is 434 g/mol. The summed E-state index contributed by atoms with van der Waals surface area (Å²) >= 11 is 3.41. The molecule has 2 rings (SSSR count). The fourth-order valence-corrected chi connectivity index (χ4v) is 2.98. The molecule has 142 valence electrons. The smallest absolute Gasteiger partial charge is 0.340 e. The van der Waals surface area contributed by atoms with Crippen LogP contribution in [0.1, 0.15) is 22.8 Å². The molecule has 0 aliphatic rings. The fourth-order valence-electron chi connectivity index (χ4n) is 2.36. The third-order valence-electron chi connectivity index (χ3n) is 3.56. The Bertz CT molecular complexity index is 863. The van der Waals surface area contributed by atoms with Gasteiger partial charge in [-0.2, -0.15) is 0 Å². The maximum Gasteiger partial charge on any atom is 0.340 e. The van der Waals surface area contributed by atoms with Gasteiger partial charge in [0.2, 0.25) is 5.91 Å². The first-order valence-corrected chi connectivity index (χ1v) is 8.96. The molecule has 0 saturated carbocycles. The molecule has 0 heterocycles. The zero-order valence-electron chi connectivity index (χ0n) is 15.2. The van der Waals surface area contributed by atoms with Gasteiger partial charge in [-0.1, -0.05) is 12.1 Å². The van der Waals surface area contributed by atoms with E-state index in [0.717, 1.165) is 5.56 Å². The largest absolute Gasteiger partial charge is 0.493 e. The number of esters is 1. The van der Waals surface area contributed by atoms with E-state index in [1.807, 2.05) is 0 Å². The number of carbonyl (C=O) groups is 2. The Labute approximate surface area is 166 Å². The summed E-state index contributed by atoms with van der Waals surface area (Å²) in [6.07, 6.45) is 3.00. The van der Waals surface area contributed by atoms with E-state index in [2.05, 4.69) is 21.2 Å². The van der Waals surface area contributed by atoms with Crippen molar-refractivity contribution in [3.8, 4) is 11.5 Å². The molecule has 1 N–H and O–H groups in total. The molecular formula is C20H20BrNO5. The molecule has 0 atom stereocenters. The zero-order chi connectivity index (χ0) is 19.8. The van der Waals surface area contributed by atoms with E-state index in [-0.39, 0.29) is 12.5 Å². The minimum atomic E-state index is -0.485. The van der Waals surface area contributed by atoms with Crippen molar-refractivity contribution in [3.05, 3.63) is 58.1 Å². The van der Waals surface area contributed by atoms with E-state index in [0.29, 0.717) is 27.2 Å². The molecule has 0 unspecified atom stereocenters. The lowest BCUT2D eigenvalue weighted by Gasteiger charge is -2.10. The van der Waals surface area contributed by atoms with Gasteiger partial charge < -0.3 is 19.5 Å². The molecule has 0 aromatic heterocycles. The van der Waals surface area contributed by atoms with Crippen LogP contribution < -0.4 is 14.8 Å². The van der Waals surface area contributed by atoms with Crippen molar-refractivity contribution in [2.75, 3.05) is 26.1 Å². The third kappa shape index (κ3) is 5.34. The summed E-state index contributed by atoms with van der Waals surface area (Å²) in [5, 5.41) is 2.69. The SMILES string of the molecule is CCOC(=O)c1ccccc1NC(=O)/C=C/c1cc(Br)c(OC)c(OC)c1. The maximum atomic E-state index is 12.3. The summed E-state index contributed by atoms with van der Waals surface area (Å²) in [6.45, 7) is 1.98. The van der Waals surface area contributed by atoms with Crippen LogP contribution in [-0.4, -0.2) is 32.7 Å². The predicted octanol–water partition coefficient (Wildman–Crippen LogP) is 4.29. The van der Waals surface area contributed by atoms with Crippen molar-refractivity contribution in [2.24, 2.45) is 0 Å². The molecule has 0 aliphatic heterocycles. The molecule has 2 aromatic carbocycles.